The van der Waals surface area contributed by atoms with E-state index in [-0.39, 0.29) is 11.7 Å². The topological polar surface area (TPSA) is 101 Å². The Morgan fingerprint density at radius 3 is 2.52 bits per heavy atom. The van der Waals surface area contributed by atoms with Crippen molar-refractivity contribution in [1.82, 2.24) is 4.98 Å². The summed E-state index contributed by atoms with van der Waals surface area (Å²) in [4.78, 5) is 16.4. The maximum atomic E-state index is 12.0. The summed E-state index contributed by atoms with van der Waals surface area (Å²) in [6.45, 7) is 0. The number of carbonyl (C=O) groups excluding carboxylic acids is 1. The van der Waals surface area contributed by atoms with Gasteiger partial charge in [-0.05, 0) is 40.2 Å². The van der Waals surface area contributed by atoms with Crippen molar-refractivity contribution in [3.63, 3.8) is 0 Å². The van der Waals surface area contributed by atoms with Crippen LogP contribution in [-0.2, 0) is 10.0 Å². The lowest BCUT2D eigenvalue weighted by Gasteiger charge is -2.04. The van der Waals surface area contributed by atoms with Gasteiger partial charge in [0, 0.05) is 16.6 Å². The zero-order valence-corrected chi connectivity index (χ0v) is 16.0. The van der Waals surface area contributed by atoms with Gasteiger partial charge in [0.25, 0.3) is 5.91 Å². The number of anilines is 2. The van der Waals surface area contributed by atoms with Crippen LogP contribution in [0.2, 0.25) is 0 Å². The van der Waals surface area contributed by atoms with E-state index in [0.717, 1.165) is 11.8 Å². The molecule has 0 saturated carbocycles. The van der Waals surface area contributed by atoms with Gasteiger partial charge in [0.2, 0.25) is 10.0 Å². The molecule has 0 aliphatic carbocycles. The Balaban J connectivity index is 1.71. The summed E-state index contributed by atoms with van der Waals surface area (Å²) in [5.41, 5.74) is 1.95. The summed E-state index contributed by atoms with van der Waals surface area (Å²) in [5, 5.41) is 4.90. The first-order valence-electron chi connectivity index (χ1n) is 6.90. The molecule has 0 aliphatic heterocycles. The smallest absolute Gasteiger partial charge is 0.293 e. The van der Waals surface area contributed by atoms with Gasteiger partial charge < -0.3 is 4.42 Å². The number of benzene rings is 1. The number of hydrogen-bond acceptors (Lipinski definition) is 6. The fraction of sp³-hybridized carbons (Fsp3) is 0.0667. The average Bonchev–Trinajstić information content (AvgIpc) is 3.16. The zero-order valence-electron chi connectivity index (χ0n) is 12.8. The van der Waals surface area contributed by atoms with Gasteiger partial charge in [-0.2, -0.15) is 0 Å². The third-order valence-corrected chi connectivity index (χ3v) is 4.80. The van der Waals surface area contributed by atoms with E-state index < -0.39 is 10.0 Å². The standard InChI is InChI=1S/C15H12BrN3O4S2/c1-25(21,22)19-10-4-2-9(3-5-10)11-8-24-15(17-11)18-14(20)12-6-7-13(16)23-12/h2-8,19H,1H3,(H,17,18,20). The van der Waals surface area contributed by atoms with Crippen molar-refractivity contribution in [3.05, 3.63) is 52.2 Å². The van der Waals surface area contributed by atoms with E-state index in [1.165, 1.54) is 11.3 Å². The highest BCUT2D eigenvalue weighted by molar-refractivity contribution is 9.10. The maximum Gasteiger partial charge on any atom is 0.293 e. The predicted octanol–water partition coefficient (Wildman–Crippen LogP) is 3.79. The van der Waals surface area contributed by atoms with Crippen LogP contribution in [-0.4, -0.2) is 25.6 Å². The second kappa shape index (κ2) is 6.98. The monoisotopic (exact) mass is 441 g/mol. The summed E-state index contributed by atoms with van der Waals surface area (Å²) in [7, 11) is -3.31. The normalized spacial score (nSPS) is 11.3. The minimum atomic E-state index is -3.31. The van der Waals surface area contributed by atoms with Crippen molar-refractivity contribution in [2.24, 2.45) is 0 Å². The van der Waals surface area contributed by atoms with Crippen LogP contribution in [0.15, 0.2) is 50.9 Å². The first-order valence-corrected chi connectivity index (χ1v) is 10.5. The summed E-state index contributed by atoms with van der Waals surface area (Å²) >= 11 is 4.42. The Morgan fingerprint density at radius 1 is 1.20 bits per heavy atom. The van der Waals surface area contributed by atoms with Crippen LogP contribution in [0.3, 0.4) is 0 Å². The van der Waals surface area contributed by atoms with Crippen LogP contribution >= 0.6 is 27.3 Å². The molecule has 1 amide bonds. The highest BCUT2D eigenvalue weighted by atomic mass is 79.9. The van der Waals surface area contributed by atoms with Crippen molar-refractivity contribution in [2.75, 3.05) is 16.3 Å². The molecule has 0 unspecified atom stereocenters. The van der Waals surface area contributed by atoms with Crippen LogP contribution < -0.4 is 10.0 Å². The maximum absolute atomic E-state index is 12.0. The molecule has 25 heavy (non-hydrogen) atoms. The molecule has 2 N–H and O–H groups in total. The summed E-state index contributed by atoms with van der Waals surface area (Å²) < 4.78 is 30.5. The summed E-state index contributed by atoms with van der Waals surface area (Å²) in [6, 6.07) is 9.98. The third kappa shape index (κ3) is 4.68. The fourth-order valence-corrected chi connectivity index (χ4v) is 3.57. The van der Waals surface area contributed by atoms with Gasteiger partial charge in [-0.3, -0.25) is 14.8 Å². The number of rotatable bonds is 5. The first kappa shape index (κ1) is 17.6. The second-order valence-electron chi connectivity index (χ2n) is 5.05. The highest BCUT2D eigenvalue weighted by Gasteiger charge is 2.13. The molecule has 1 aromatic carbocycles. The van der Waals surface area contributed by atoms with Crippen LogP contribution in [0.1, 0.15) is 10.6 Å². The number of halogens is 1. The van der Waals surface area contributed by atoms with Gasteiger partial charge >= 0.3 is 0 Å². The van der Waals surface area contributed by atoms with E-state index in [2.05, 4.69) is 31.0 Å². The largest absolute Gasteiger partial charge is 0.444 e. The second-order valence-corrected chi connectivity index (χ2v) is 8.44. The Labute approximate surface area is 156 Å². The lowest BCUT2D eigenvalue weighted by atomic mass is 10.1. The quantitative estimate of drug-likeness (QED) is 0.626. The molecule has 0 bridgehead atoms. The lowest BCUT2D eigenvalue weighted by molar-refractivity contribution is 0.0995. The molecule has 0 atom stereocenters. The SMILES string of the molecule is CS(=O)(=O)Nc1ccc(-c2csc(NC(=O)c3ccc(Br)o3)n2)cc1. The van der Waals surface area contributed by atoms with Crippen LogP contribution in [0.25, 0.3) is 11.3 Å². The first-order chi connectivity index (χ1) is 11.8. The Bertz CT molecular complexity index is 1010. The Morgan fingerprint density at radius 2 is 1.92 bits per heavy atom. The molecule has 130 valence electrons. The molecule has 0 saturated heterocycles. The molecule has 3 rings (SSSR count). The number of nitrogens with zero attached hydrogens (tertiary/aromatic N) is 1. The van der Waals surface area contributed by atoms with Crippen LogP contribution in [0.5, 0.6) is 0 Å². The number of hydrogen-bond donors (Lipinski definition) is 2. The molecule has 7 nitrogen and oxygen atoms in total. The number of aromatic nitrogens is 1. The van der Waals surface area contributed by atoms with Crippen molar-refractivity contribution in [2.45, 2.75) is 0 Å². The summed E-state index contributed by atoms with van der Waals surface area (Å²) in [5.74, 6) is -0.209. The number of furan rings is 1. The zero-order chi connectivity index (χ0) is 18.0. The number of amides is 1. The molecule has 2 aromatic heterocycles. The lowest BCUT2D eigenvalue weighted by Crippen LogP contribution is -2.10. The van der Waals surface area contributed by atoms with E-state index in [1.54, 1.807) is 41.8 Å². The third-order valence-electron chi connectivity index (χ3n) is 3.01. The predicted molar refractivity (Wildman–Crippen MR) is 100 cm³/mol. The molecule has 0 aliphatic rings. The fourth-order valence-electron chi connectivity index (χ4n) is 1.98. The van der Waals surface area contributed by atoms with Crippen LogP contribution in [0, 0.1) is 0 Å². The summed E-state index contributed by atoms with van der Waals surface area (Å²) in [6.07, 6.45) is 1.09. The van der Waals surface area contributed by atoms with E-state index in [9.17, 15) is 13.2 Å². The van der Waals surface area contributed by atoms with Crippen molar-refractivity contribution in [1.29, 1.82) is 0 Å². The molecule has 0 spiro atoms. The van der Waals surface area contributed by atoms with Gasteiger partial charge in [0.1, 0.15) is 0 Å². The molecular formula is C15H12BrN3O4S2. The van der Waals surface area contributed by atoms with Crippen molar-refractivity contribution in [3.8, 4) is 11.3 Å². The van der Waals surface area contributed by atoms with Crippen LogP contribution in [0.4, 0.5) is 10.8 Å². The molecular weight excluding hydrogens is 430 g/mol. The molecule has 0 fully saturated rings. The molecule has 2 heterocycles. The number of nitrogens with one attached hydrogen (secondary N) is 2. The Kier molecular flexibility index (Phi) is 4.93. The van der Waals surface area contributed by atoms with E-state index in [1.807, 2.05) is 0 Å². The van der Waals surface area contributed by atoms with Gasteiger partial charge in [-0.25, -0.2) is 13.4 Å². The average molecular weight is 442 g/mol. The minimum Gasteiger partial charge on any atom is -0.444 e. The highest BCUT2D eigenvalue weighted by Crippen LogP contribution is 2.26. The minimum absolute atomic E-state index is 0.180. The number of thiazole rings is 1. The number of carbonyl (C=O) groups is 1. The molecule has 0 radical (unpaired) electrons. The number of sulfonamides is 1. The molecule has 3 aromatic rings. The van der Waals surface area contributed by atoms with Gasteiger partial charge in [-0.1, -0.05) is 12.1 Å². The van der Waals surface area contributed by atoms with Gasteiger partial charge in [0.05, 0.1) is 11.9 Å². The van der Waals surface area contributed by atoms with E-state index in [4.69, 9.17) is 4.42 Å². The van der Waals surface area contributed by atoms with Gasteiger partial charge in [0.15, 0.2) is 15.6 Å². The van der Waals surface area contributed by atoms with Gasteiger partial charge in [-0.15, -0.1) is 11.3 Å². The van der Waals surface area contributed by atoms with E-state index >= 15 is 0 Å². The van der Waals surface area contributed by atoms with Crippen molar-refractivity contribution < 1.29 is 17.6 Å². The Hall–Kier alpha value is -2.17. The van der Waals surface area contributed by atoms with E-state index in [0.29, 0.717) is 21.2 Å². The van der Waals surface area contributed by atoms with Crippen molar-refractivity contribution >= 4 is 54.0 Å². The molecule has 10 heteroatoms.